The summed E-state index contributed by atoms with van der Waals surface area (Å²) in [6.45, 7) is 4.61. The minimum Gasteiger partial charge on any atom is -0.383 e. The normalized spacial score (nSPS) is 20.2. The molecule has 2 rings (SSSR count). The first-order valence-corrected chi connectivity index (χ1v) is 4.54. The Kier molecular flexibility index (Phi) is 2.07. The van der Waals surface area contributed by atoms with Crippen LogP contribution in [0, 0.1) is 0 Å². The number of nitrogens with one attached hydrogen (secondary N) is 1. The third-order valence-corrected chi connectivity index (χ3v) is 2.41. The summed E-state index contributed by atoms with van der Waals surface area (Å²) in [7, 11) is 0. The zero-order valence-corrected chi connectivity index (χ0v) is 7.59. The molecule has 1 aromatic rings. The van der Waals surface area contributed by atoms with Gasteiger partial charge in [-0.1, -0.05) is 24.8 Å². The second-order valence-electron chi connectivity index (χ2n) is 3.47. The molecular formula is C11H14N2. The van der Waals surface area contributed by atoms with Crippen molar-refractivity contribution in [3.8, 4) is 0 Å². The van der Waals surface area contributed by atoms with Crippen LogP contribution in [0.15, 0.2) is 24.8 Å². The van der Waals surface area contributed by atoms with Gasteiger partial charge in [-0.05, 0) is 23.6 Å². The Morgan fingerprint density at radius 1 is 1.54 bits per heavy atom. The SMILES string of the molecule is C=Cc1ccc2c(c1)NCC(N)C2. The summed E-state index contributed by atoms with van der Waals surface area (Å²) in [4.78, 5) is 0. The van der Waals surface area contributed by atoms with Gasteiger partial charge < -0.3 is 11.1 Å². The number of hydrogen-bond donors (Lipinski definition) is 2. The van der Waals surface area contributed by atoms with Gasteiger partial charge in [-0.25, -0.2) is 0 Å². The van der Waals surface area contributed by atoms with Crippen LogP contribution in [0.1, 0.15) is 11.1 Å². The van der Waals surface area contributed by atoms with Gasteiger partial charge in [0.1, 0.15) is 0 Å². The van der Waals surface area contributed by atoms with Gasteiger partial charge in [0.2, 0.25) is 0 Å². The smallest absolute Gasteiger partial charge is 0.0379 e. The molecule has 2 heteroatoms. The van der Waals surface area contributed by atoms with Crippen molar-refractivity contribution in [1.29, 1.82) is 0 Å². The van der Waals surface area contributed by atoms with Crippen molar-refractivity contribution in [3.05, 3.63) is 35.9 Å². The second-order valence-corrected chi connectivity index (χ2v) is 3.47. The highest BCUT2D eigenvalue weighted by molar-refractivity contribution is 5.61. The molecule has 1 aromatic carbocycles. The lowest BCUT2D eigenvalue weighted by Gasteiger charge is -2.23. The molecule has 1 aliphatic heterocycles. The van der Waals surface area contributed by atoms with E-state index in [1.165, 1.54) is 11.3 Å². The molecule has 0 spiro atoms. The van der Waals surface area contributed by atoms with Gasteiger partial charge in [-0.3, -0.25) is 0 Å². The van der Waals surface area contributed by atoms with Gasteiger partial charge >= 0.3 is 0 Å². The summed E-state index contributed by atoms with van der Waals surface area (Å²) in [6.07, 6.45) is 2.83. The Labute approximate surface area is 78.5 Å². The molecule has 0 saturated carbocycles. The molecule has 0 saturated heterocycles. The minimum atomic E-state index is 0.252. The fraction of sp³-hybridized carbons (Fsp3) is 0.273. The van der Waals surface area contributed by atoms with E-state index in [0.29, 0.717) is 0 Å². The average molecular weight is 174 g/mol. The van der Waals surface area contributed by atoms with Gasteiger partial charge in [0.15, 0.2) is 0 Å². The molecule has 2 nitrogen and oxygen atoms in total. The molecule has 0 bridgehead atoms. The van der Waals surface area contributed by atoms with Crippen LogP contribution < -0.4 is 11.1 Å². The highest BCUT2D eigenvalue weighted by Gasteiger charge is 2.13. The maximum absolute atomic E-state index is 5.84. The van der Waals surface area contributed by atoms with Crippen LogP contribution in [-0.4, -0.2) is 12.6 Å². The molecule has 13 heavy (non-hydrogen) atoms. The molecule has 0 aliphatic carbocycles. The van der Waals surface area contributed by atoms with Crippen molar-refractivity contribution in [2.45, 2.75) is 12.5 Å². The lowest BCUT2D eigenvalue weighted by Crippen LogP contribution is -2.35. The number of hydrogen-bond acceptors (Lipinski definition) is 2. The molecule has 1 unspecified atom stereocenters. The first-order chi connectivity index (χ1) is 6.29. The van der Waals surface area contributed by atoms with Crippen molar-refractivity contribution in [1.82, 2.24) is 0 Å². The summed E-state index contributed by atoms with van der Waals surface area (Å²) >= 11 is 0. The van der Waals surface area contributed by atoms with Crippen LogP contribution in [0.2, 0.25) is 0 Å². The zero-order chi connectivity index (χ0) is 9.26. The molecule has 0 amide bonds. The van der Waals surface area contributed by atoms with Gasteiger partial charge in [0.05, 0.1) is 0 Å². The zero-order valence-electron chi connectivity index (χ0n) is 7.59. The van der Waals surface area contributed by atoms with Crippen LogP contribution in [0.25, 0.3) is 6.08 Å². The topological polar surface area (TPSA) is 38.0 Å². The molecule has 0 radical (unpaired) electrons. The lowest BCUT2D eigenvalue weighted by molar-refractivity contribution is 0.679. The molecule has 1 heterocycles. The fourth-order valence-electron chi connectivity index (χ4n) is 1.66. The maximum Gasteiger partial charge on any atom is 0.0379 e. The first-order valence-electron chi connectivity index (χ1n) is 4.54. The monoisotopic (exact) mass is 174 g/mol. The average Bonchev–Trinajstić information content (AvgIpc) is 2.17. The van der Waals surface area contributed by atoms with Crippen molar-refractivity contribution in [2.75, 3.05) is 11.9 Å². The lowest BCUT2D eigenvalue weighted by atomic mass is 9.98. The van der Waals surface area contributed by atoms with Crippen molar-refractivity contribution < 1.29 is 0 Å². The van der Waals surface area contributed by atoms with E-state index in [4.69, 9.17) is 5.73 Å². The Morgan fingerprint density at radius 3 is 3.15 bits per heavy atom. The number of nitrogens with two attached hydrogens (primary N) is 1. The second kappa shape index (κ2) is 3.23. The predicted molar refractivity (Wildman–Crippen MR) is 56.7 cm³/mol. The molecule has 3 N–H and O–H groups in total. The molecule has 68 valence electrons. The Balaban J connectivity index is 2.36. The molecular weight excluding hydrogens is 160 g/mol. The van der Waals surface area contributed by atoms with E-state index in [2.05, 4.69) is 30.1 Å². The Morgan fingerprint density at radius 2 is 2.38 bits per heavy atom. The largest absolute Gasteiger partial charge is 0.383 e. The highest BCUT2D eigenvalue weighted by Crippen LogP contribution is 2.22. The van der Waals surface area contributed by atoms with E-state index in [-0.39, 0.29) is 6.04 Å². The van der Waals surface area contributed by atoms with Crippen LogP contribution in [0.5, 0.6) is 0 Å². The maximum atomic E-state index is 5.84. The van der Waals surface area contributed by atoms with Gasteiger partial charge in [0, 0.05) is 18.3 Å². The fourth-order valence-corrected chi connectivity index (χ4v) is 1.66. The predicted octanol–water partition coefficient (Wildman–Crippen LogP) is 1.62. The van der Waals surface area contributed by atoms with E-state index >= 15 is 0 Å². The van der Waals surface area contributed by atoms with E-state index in [1.54, 1.807) is 0 Å². The van der Waals surface area contributed by atoms with Gasteiger partial charge in [-0.2, -0.15) is 0 Å². The highest BCUT2D eigenvalue weighted by atomic mass is 14.9. The van der Waals surface area contributed by atoms with Gasteiger partial charge in [-0.15, -0.1) is 0 Å². The van der Waals surface area contributed by atoms with E-state index in [0.717, 1.165) is 18.5 Å². The van der Waals surface area contributed by atoms with Crippen molar-refractivity contribution in [2.24, 2.45) is 5.73 Å². The first kappa shape index (κ1) is 8.32. The third kappa shape index (κ3) is 1.58. The van der Waals surface area contributed by atoms with E-state index in [9.17, 15) is 0 Å². The van der Waals surface area contributed by atoms with Crippen LogP contribution in [0.4, 0.5) is 5.69 Å². The summed E-state index contributed by atoms with van der Waals surface area (Å²) < 4.78 is 0. The van der Waals surface area contributed by atoms with Crippen molar-refractivity contribution >= 4 is 11.8 Å². The molecule has 0 aromatic heterocycles. The quantitative estimate of drug-likeness (QED) is 0.679. The van der Waals surface area contributed by atoms with Crippen LogP contribution >= 0.6 is 0 Å². The minimum absolute atomic E-state index is 0.252. The van der Waals surface area contributed by atoms with Gasteiger partial charge in [0.25, 0.3) is 0 Å². The Bertz CT molecular complexity index is 331. The molecule has 1 atom stereocenters. The standard InChI is InChI=1S/C11H14N2/c1-2-8-3-4-9-6-10(12)7-13-11(9)5-8/h2-5,10,13H,1,6-7,12H2. The summed E-state index contributed by atoms with van der Waals surface area (Å²) in [5, 5.41) is 3.31. The summed E-state index contributed by atoms with van der Waals surface area (Å²) in [5.41, 5.74) is 9.51. The molecule has 0 fully saturated rings. The van der Waals surface area contributed by atoms with E-state index < -0.39 is 0 Å². The third-order valence-electron chi connectivity index (χ3n) is 2.41. The number of anilines is 1. The molecule has 1 aliphatic rings. The summed E-state index contributed by atoms with van der Waals surface area (Å²) in [6, 6.07) is 6.57. The number of rotatable bonds is 1. The Hall–Kier alpha value is -1.28. The number of benzene rings is 1. The van der Waals surface area contributed by atoms with Crippen molar-refractivity contribution in [3.63, 3.8) is 0 Å². The van der Waals surface area contributed by atoms with E-state index in [1.807, 2.05) is 6.08 Å². The van der Waals surface area contributed by atoms with Crippen LogP contribution in [0.3, 0.4) is 0 Å². The number of fused-ring (bicyclic) bond motifs is 1. The van der Waals surface area contributed by atoms with Crippen LogP contribution in [-0.2, 0) is 6.42 Å². The summed E-state index contributed by atoms with van der Waals surface area (Å²) in [5.74, 6) is 0.